The number of carbonyl (C=O) groups is 1. The third kappa shape index (κ3) is 2.99. The molecule has 0 aliphatic heterocycles. The van der Waals surface area contributed by atoms with Crippen molar-refractivity contribution in [2.75, 3.05) is 0 Å². The zero-order valence-corrected chi connectivity index (χ0v) is 11.0. The summed E-state index contributed by atoms with van der Waals surface area (Å²) < 4.78 is 0. The van der Waals surface area contributed by atoms with Crippen LogP contribution in [0.25, 0.3) is 0 Å². The van der Waals surface area contributed by atoms with E-state index in [9.17, 15) is 4.79 Å². The summed E-state index contributed by atoms with van der Waals surface area (Å²) in [6.45, 7) is 1.63. The second-order valence-electron chi connectivity index (χ2n) is 4.37. The summed E-state index contributed by atoms with van der Waals surface area (Å²) >= 11 is 6.15. The quantitative estimate of drug-likeness (QED) is 0.801. The van der Waals surface area contributed by atoms with Crippen LogP contribution < -0.4 is 0 Å². The van der Waals surface area contributed by atoms with E-state index in [1.54, 1.807) is 6.92 Å². The Bertz CT molecular complexity index is 534. The Labute approximate surface area is 112 Å². The molecule has 0 saturated heterocycles. The molecule has 1 atom stereocenters. The van der Waals surface area contributed by atoms with E-state index in [-0.39, 0.29) is 11.7 Å². The van der Waals surface area contributed by atoms with Gasteiger partial charge in [0.15, 0.2) is 0 Å². The SMILES string of the molecule is CC(=O)C(Cc1ccccc1Cl)c1ccccc1. The number of benzene rings is 2. The van der Waals surface area contributed by atoms with Gasteiger partial charge in [0.1, 0.15) is 5.78 Å². The van der Waals surface area contributed by atoms with Crippen LogP contribution in [0.2, 0.25) is 5.02 Å². The molecule has 92 valence electrons. The maximum atomic E-state index is 11.8. The fourth-order valence-electron chi connectivity index (χ4n) is 2.07. The van der Waals surface area contributed by atoms with Crippen molar-refractivity contribution in [2.45, 2.75) is 19.3 Å². The van der Waals surface area contributed by atoms with Crippen LogP contribution in [0.15, 0.2) is 54.6 Å². The van der Waals surface area contributed by atoms with Gasteiger partial charge in [0.25, 0.3) is 0 Å². The average Bonchev–Trinajstić information content (AvgIpc) is 2.38. The predicted molar refractivity (Wildman–Crippen MR) is 75.0 cm³/mol. The van der Waals surface area contributed by atoms with Gasteiger partial charge in [-0.15, -0.1) is 0 Å². The second kappa shape index (κ2) is 5.83. The van der Waals surface area contributed by atoms with E-state index < -0.39 is 0 Å². The van der Waals surface area contributed by atoms with E-state index in [1.807, 2.05) is 54.6 Å². The molecule has 1 nitrogen and oxygen atoms in total. The first-order chi connectivity index (χ1) is 8.68. The summed E-state index contributed by atoms with van der Waals surface area (Å²) in [5, 5.41) is 0.722. The third-order valence-electron chi connectivity index (χ3n) is 3.07. The lowest BCUT2D eigenvalue weighted by Gasteiger charge is -2.15. The van der Waals surface area contributed by atoms with Crippen molar-refractivity contribution < 1.29 is 4.79 Å². The number of hydrogen-bond donors (Lipinski definition) is 0. The van der Waals surface area contributed by atoms with E-state index in [4.69, 9.17) is 11.6 Å². The summed E-state index contributed by atoms with van der Waals surface area (Å²) in [5.41, 5.74) is 2.06. The number of hydrogen-bond acceptors (Lipinski definition) is 1. The largest absolute Gasteiger partial charge is 0.299 e. The molecule has 18 heavy (non-hydrogen) atoms. The van der Waals surface area contributed by atoms with Crippen molar-refractivity contribution >= 4 is 17.4 Å². The van der Waals surface area contributed by atoms with E-state index >= 15 is 0 Å². The van der Waals surface area contributed by atoms with Crippen LogP contribution in [0, 0.1) is 0 Å². The number of carbonyl (C=O) groups excluding carboxylic acids is 1. The van der Waals surface area contributed by atoms with E-state index in [2.05, 4.69) is 0 Å². The maximum absolute atomic E-state index is 11.8. The van der Waals surface area contributed by atoms with Crippen LogP contribution in [-0.2, 0) is 11.2 Å². The fraction of sp³-hybridized carbons (Fsp3) is 0.188. The van der Waals surface area contributed by atoms with Gasteiger partial charge in [-0.1, -0.05) is 60.1 Å². The van der Waals surface area contributed by atoms with Crippen LogP contribution in [0.4, 0.5) is 0 Å². The molecule has 0 fully saturated rings. The van der Waals surface area contributed by atoms with E-state index in [0.717, 1.165) is 16.1 Å². The molecule has 0 N–H and O–H groups in total. The summed E-state index contributed by atoms with van der Waals surface area (Å²) in [6.07, 6.45) is 0.652. The zero-order chi connectivity index (χ0) is 13.0. The first kappa shape index (κ1) is 12.8. The Morgan fingerprint density at radius 1 is 1.06 bits per heavy atom. The van der Waals surface area contributed by atoms with Gasteiger partial charge >= 0.3 is 0 Å². The maximum Gasteiger partial charge on any atom is 0.137 e. The summed E-state index contributed by atoms with van der Waals surface area (Å²) in [6, 6.07) is 17.5. The molecule has 0 saturated carbocycles. The third-order valence-corrected chi connectivity index (χ3v) is 3.44. The minimum Gasteiger partial charge on any atom is -0.299 e. The lowest BCUT2D eigenvalue weighted by molar-refractivity contribution is -0.118. The Kier molecular flexibility index (Phi) is 4.16. The van der Waals surface area contributed by atoms with Gasteiger partial charge in [-0.3, -0.25) is 4.79 Å². The van der Waals surface area contributed by atoms with Gasteiger partial charge in [-0.25, -0.2) is 0 Å². The van der Waals surface area contributed by atoms with Crippen molar-refractivity contribution in [2.24, 2.45) is 0 Å². The van der Waals surface area contributed by atoms with Crippen LogP contribution in [0.1, 0.15) is 24.0 Å². The zero-order valence-electron chi connectivity index (χ0n) is 10.3. The minimum absolute atomic E-state index is 0.119. The van der Waals surface area contributed by atoms with Crippen molar-refractivity contribution in [1.29, 1.82) is 0 Å². The molecule has 0 aliphatic carbocycles. The summed E-state index contributed by atoms with van der Waals surface area (Å²) in [4.78, 5) is 11.8. The van der Waals surface area contributed by atoms with Crippen molar-refractivity contribution in [3.8, 4) is 0 Å². The van der Waals surface area contributed by atoms with Gasteiger partial charge in [0.05, 0.1) is 0 Å². The highest BCUT2D eigenvalue weighted by atomic mass is 35.5. The molecule has 0 radical (unpaired) electrons. The molecule has 1 unspecified atom stereocenters. The van der Waals surface area contributed by atoms with Crippen LogP contribution in [0.5, 0.6) is 0 Å². The number of rotatable bonds is 4. The molecule has 2 aromatic carbocycles. The molecule has 0 spiro atoms. The normalized spacial score (nSPS) is 12.1. The smallest absolute Gasteiger partial charge is 0.137 e. The minimum atomic E-state index is -0.119. The van der Waals surface area contributed by atoms with Gasteiger partial charge in [0.2, 0.25) is 0 Å². The van der Waals surface area contributed by atoms with Crippen molar-refractivity contribution in [3.05, 3.63) is 70.7 Å². The van der Waals surface area contributed by atoms with Gasteiger partial charge in [-0.2, -0.15) is 0 Å². The van der Waals surface area contributed by atoms with Gasteiger partial charge in [-0.05, 0) is 30.5 Å². The predicted octanol–water partition coefficient (Wildman–Crippen LogP) is 4.26. The van der Waals surface area contributed by atoms with E-state index in [0.29, 0.717) is 6.42 Å². The fourth-order valence-corrected chi connectivity index (χ4v) is 2.28. The first-order valence-corrected chi connectivity index (χ1v) is 6.35. The Hall–Kier alpha value is -1.60. The van der Waals surface area contributed by atoms with Gasteiger partial charge in [0, 0.05) is 10.9 Å². The first-order valence-electron chi connectivity index (χ1n) is 5.97. The molecule has 0 amide bonds. The summed E-state index contributed by atoms with van der Waals surface area (Å²) in [7, 11) is 0. The average molecular weight is 259 g/mol. The number of ketones is 1. The van der Waals surface area contributed by atoms with Crippen molar-refractivity contribution in [3.63, 3.8) is 0 Å². The highest BCUT2D eigenvalue weighted by Gasteiger charge is 2.18. The lowest BCUT2D eigenvalue weighted by Crippen LogP contribution is -2.12. The molecule has 0 bridgehead atoms. The molecule has 2 rings (SSSR count). The van der Waals surface area contributed by atoms with Crippen LogP contribution in [0.3, 0.4) is 0 Å². The topological polar surface area (TPSA) is 17.1 Å². The monoisotopic (exact) mass is 258 g/mol. The Morgan fingerprint density at radius 2 is 1.67 bits per heavy atom. The highest BCUT2D eigenvalue weighted by molar-refractivity contribution is 6.31. The molecule has 2 aromatic rings. The van der Waals surface area contributed by atoms with Crippen molar-refractivity contribution in [1.82, 2.24) is 0 Å². The van der Waals surface area contributed by atoms with E-state index in [1.165, 1.54) is 0 Å². The summed E-state index contributed by atoms with van der Waals surface area (Å²) in [5.74, 6) is 0.0484. The highest BCUT2D eigenvalue weighted by Crippen LogP contribution is 2.25. The number of Topliss-reactive ketones (excluding diaryl/α,β-unsaturated/α-hetero) is 1. The van der Waals surface area contributed by atoms with Gasteiger partial charge < -0.3 is 0 Å². The number of halogens is 1. The molecule has 0 heterocycles. The molecular weight excluding hydrogens is 244 g/mol. The second-order valence-corrected chi connectivity index (χ2v) is 4.78. The molecule has 2 heteroatoms. The lowest BCUT2D eigenvalue weighted by atomic mass is 9.89. The molecular formula is C16H15ClO. The van der Waals surface area contributed by atoms with Crippen LogP contribution >= 0.6 is 11.6 Å². The molecule has 0 aliphatic rings. The Morgan fingerprint density at radius 3 is 2.28 bits per heavy atom. The van der Waals surface area contributed by atoms with Crippen LogP contribution in [-0.4, -0.2) is 5.78 Å². The Balaban J connectivity index is 2.28. The molecule has 0 aromatic heterocycles. The standard InChI is InChI=1S/C16H15ClO/c1-12(18)15(13-7-3-2-4-8-13)11-14-9-5-6-10-16(14)17/h2-10,15H,11H2,1H3.